The summed E-state index contributed by atoms with van der Waals surface area (Å²) in [7, 11) is 0.395. The van der Waals surface area contributed by atoms with Gasteiger partial charge < -0.3 is 4.74 Å². The van der Waals surface area contributed by atoms with Crippen LogP contribution in [0.1, 0.15) is 12.0 Å². The standard InChI is InChI=1S/C18H24OSi/c1-19-17-11-13-18(14-12-17)20(2,3)15-7-10-16-8-5-4-6-9-16/h4-6,8-9,11-14H,7,10,15H2,1-3H3. The summed E-state index contributed by atoms with van der Waals surface area (Å²) in [5.74, 6) is 0.947. The van der Waals surface area contributed by atoms with Gasteiger partial charge in [0.1, 0.15) is 5.75 Å². The van der Waals surface area contributed by atoms with Crippen LogP contribution in [0, 0.1) is 0 Å². The fraction of sp³-hybridized carbons (Fsp3) is 0.333. The Morgan fingerprint density at radius 1 is 0.900 bits per heavy atom. The second kappa shape index (κ2) is 6.75. The van der Waals surface area contributed by atoms with E-state index in [-0.39, 0.29) is 0 Å². The summed E-state index contributed by atoms with van der Waals surface area (Å²) in [6.45, 7) is 4.92. The first-order valence-electron chi connectivity index (χ1n) is 7.30. The van der Waals surface area contributed by atoms with Gasteiger partial charge in [0.2, 0.25) is 0 Å². The molecule has 0 aliphatic carbocycles. The highest BCUT2D eigenvalue weighted by molar-refractivity contribution is 6.89. The number of methoxy groups -OCH3 is 1. The quantitative estimate of drug-likeness (QED) is 0.721. The molecule has 0 saturated carbocycles. The minimum atomic E-state index is -1.32. The first-order valence-corrected chi connectivity index (χ1v) is 10.5. The average molecular weight is 284 g/mol. The van der Waals surface area contributed by atoms with E-state index in [0.717, 1.165) is 5.75 Å². The molecule has 106 valence electrons. The largest absolute Gasteiger partial charge is 0.497 e. The third kappa shape index (κ3) is 3.97. The van der Waals surface area contributed by atoms with Crippen molar-refractivity contribution in [3.05, 3.63) is 60.2 Å². The number of rotatable bonds is 6. The van der Waals surface area contributed by atoms with Crippen molar-refractivity contribution in [2.75, 3.05) is 7.11 Å². The zero-order chi connectivity index (χ0) is 14.4. The molecule has 2 aromatic rings. The predicted molar refractivity (Wildman–Crippen MR) is 89.7 cm³/mol. The van der Waals surface area contributed by atoms with Gasteiger partial charge in [-0.1, -0.05) is 73.2 Å². The van der Waals surface area contributed by atoms with Gasteiger partial charge in [-0.15, -0.1) is 0 Å². The van der Waals surface area contributed by atoms with Crippen LogP contribution < -0.4 is 9.92 Å². The van der Waals surface area contributed by atoms with Crippen molar-refractivity contribution < 1.29 is 4.74 Å². The van der Waals surface area contributed by atoms with Gasteiger partial charge in [-0.05, 0) is 24.1 Å². The fourth-order valence-electron chi connectivity index (χ4n) is 2.57. The van der Waals surface area contributed by atoms with Gasteiger partial charge in [0.15, 0.2) is 0 Å². The Morgan fingerprint density at radius 2 is 1.55 bits per heavy atom. The predicted octanol–water partition coefficient (Wildman–Crippen LogP) is 4.24. The van der Waals surface area contributed by atoms with Crippen LogP contribution in [0.4, 0.5) is 0 Å². The number of aryl methyl sites for hydroxylation is 1. The SMILES string of the molecule is COc1ccc([Si](C)(C)CCCc2ccccc2)cc1. The Labute approximate surface area is 123 Å². The van der Waals surface area contributed by atoms with Gasteiger partial charge in [0, 0.05) is 0 Å². The first-order chi connectivity index (χ1) is 9.62. The molecule has 2 heteroatoms. The van der Waals surface area contributed by atoms with Crippen LogP contribution in [0.3, 0.4) is 0 Å². The van der Waals surface area contributed by atoms with Gasteiger partial charge in [-0.25, -0.2) is 0 Å². The van der Waals surface area contributed by atoms with E-state index < -0.39 is 8.07 Å². The third-order valence-electron chi connectivity index (χ3n) is 3.98. The number of hydrogen-bond donors (Lipinski definition) is 0. The summed E-state index contributed by atoms with van der Waals surface area (Å²) < 4.78 is 5.24. The average Bonchev–Trinajstić information content (AvgIpc) is 2.48. The summed E-state index contributed by atoms with van der Waals surface area (Å²) in [6, 6.07) is 20.8. The van der Waals surface area contributed by atoms with Crippen LogP contribution in [0.5, 0.6) is 5.75 Å². The molecule has 0 N–H and O–H groups in total. The van der Waals surface area contributed by atoms with Crippen molar-refractivity contribution >= 4 is 13.3 Å². The van der Waals surface area contributed by atoms with Crippen molar-refractivity contribution in [2.24, 2.45) is 0 Å². The highest BCUT2D eigenvalue weighted by Gasteiger charge is 2.22. The van der Waals surface area contributed by atoms with Crippen LogP contribution >= 0.6 is 0 Å². The van der Waals surface area contributed by atoms with Gasteiger partial charge in [-0.2, -0.15) is 0 Å². The minimum Gasteiger partial charge on any atom is -0.497 e. The summed E-state index contributed by atoms with van der Waals surface area (Å²) >= 11 is 0. The van der Waals surface area contributed by atoms with E-state index >= 15 is 0 Å². The topological polar surface area (TPSA) is 9.23 Å². The third-order valence-corrected chi connectivity index (χ3v) is 7.48. The van der Waals surface area contributed by atoms with Gasteiger partial charge >= 0.3 is 0 Å². The van der Waals surface area contributed by atoms with Crippen molar-refractivity contribution in [1.29, 1.82) is 0 Å². The van der Waals surface area contributed by atoms with E-state index in [1.165, 1.54) is 29.6 Å². The molecule has 1 nitrogen and oxygen atoms in total. The van der Waals surface area contributed by atoms with E-state index in [2.05, 4.69) is 67.7 Å². The lowest BCUT2D eigenvalue weighted by Gasteiger charge is -2.23. The second-order valence-electron chi connectivity index (χ2n) is 5.95. The van der Waals surface area contributed by atoms with Crippen LogP contribution in [-0.4, -0.2) is 15.2 Å². The van der Waals surface area contributed by atoms with E-state index in [9.17, 15) is 0 Å². The molecule has 0 heterocycles. The molecule has 0 aliphatic heterocycles. The van der Waals surface area contributed by atoms with Gasteiger partial charge in [-0.3, -0.25) is 0 Å². The second-order valence-corrected chi connectivity index (χ2v) is 10.8. The molecule has 2 rings (SSSR count). The van der Waals surface area contributed by atoms with Crippen LogP contribution in [0.25, 0.3) is 0 Å². The Hall–Kier alpha value is -1.54. The lowest BCUT2D eigenvalue weighted by atomic mass is 10.1. The number of hydrogen-bond acceptors (Lipinski definition) is 1. The fourth-order valence-corrected chi connectivity index (χ4v) is 4.98. The zero-order valence-corrected chi connectivity index (χ0v) is 13.7. The van der Waals surface area contributed by atoms with Crippen molar-refractivity contribution in [2.45, 2.75) is 32.0 Å². The molecular formula is C18H24OSi. The Bertz CT molecular complexity index is 517. The number of ether oxygens (including phenoxy) is 1. The van der Waals surface area contributed by atoms with Crippen molar-refractivity contribution in [1.82, 2.24) is 0 Å². The molecular weight excluding hydrogens is 260 g/mol. The molecule has 0 atom stereocenters. The Balaban J connectivity index is 1.92. The maximum absolute atomic E-state index is 5.24. The summed E-state index contributed by atoms with van der Waals surface area (Å²) in [6.07, 6.45) is 2.46. The highest BCUT2D eigenvalue weighted by atomic mass is 28.3. The molecule has 0 aliphatic rings. The van der Waals surface area contributed by atoms with Crippen molar-refractivity contribution in [3.8, 4) is 5.75 Å². The smallest absolute Gasteiger partial charge is 0.118 e. The Morgan fingerprint density at radius 3 is 2.15 bits per heavy atom. The minimum absolute atomic E-state index is 0.947. The summed E-state index contributed by atoms with van der Waals surface area (Å²) in [4.78, 5) is 0. The zero-order valence-electron chi connectivity index (χ0n) is 12.7. The molecule has 0 radical (unpaired) electrons. The molecule has 2 aromatic carbocycles. The van der Waals surface area contributed by atoms with Crippen LogP contribution in [0.2, 0.25) is 19.1 Å². The molecule has 0 saturated heterocycles. The van der Waals surface area contributed by atoms with Gasteiger partial charge in [0.05, 0.1) is 15.2 Å². The highest BCUT2D eigenvalue weighted by Crippen LogP contribution is 2.17. The van der Waals surface area contributed by atoms with Gasteiger partial charge in [0.25, 0.3) is 0 Å². The normalized spacial score (nSPS) is 11.3. The van der Waals surface area contributed by atoms with Crippen molar-refractivity contribution in [3.63, 3.8) is 0 Å². The van der Waals surface area contributed by atoms with E-state index in [1.54, 1.807) is 7.11 Å². The maximum atomic E-state index is 5.24. The Kier molecular flexibility index (Phi) is 5.02. The van der Waals surface area contributed by atoms with E-state index in [1.807, 2.05) is 0 Å². The first kappa shape index (κ1) is 14.9. The summed E-state index contributed by atoms with van der Waals surface area (Å²) in [5, 5.41) is 1.52. The lowest BCUT2D eigenvalue weighted by molar-refractivity contribution is 0.415. The lowest BCUT2D eigenvalue weighted by Crippen LogP contribution is -2.40. The molecule has 0 unspecified atom stereocenters. The maximum Gasteiger partial charge on any atom is 0.118 e. The van der Waals surface area contributed by atoms with Crippen LogP contribution in [-0.2, 0) is 6.42 Å². The monoisotopic (exact) mass is 284 g/mol. The molecule has 0 spiro atoms. The molecule has 0 fully saturated rings. The summed E-state index contributed by atoms with van der Waals surface area (Å²) in [5.41, 5.74) is 1.45. The molecule has 0 bridgehead atoms. The molecule has 20 heavy (non-hydrogen) atoms. The van der Waals surface area contributed by atoms with E-state index in [0.29, 0.717) is 0 Å². The van der Waals surface area contributed by atoms with E-state index in [4.69, 9.17) is 4.74 Å². The number of benzene rings is 2. The van der Waals surface area contributed by atoms with Crippen LogP contribution in [0.15, 0.2) is 54.6 Å². The molecule has 0 amide bonds. The molecule has 0 aromatic heterocycles.